The second-order valence-corrected chi connectivity index (χ2v) is 7.03. The summed E-state index contributed by atoms with van der Waals surface area (Å²) in [5.74, 6) is 0.185. The van der Waals surface area contributed by atoms with Gasteiger partial charge in [-0.15, -0.1) is 0 Å². The van der Waals surface area contributed by atoms with E-state index in [0.29, 0.717) is 5.02 Å². The van der Waals surface area contributed by atoms with Gasteiger partial charge in [-0.25, -0.2) is 13.1 Å². The molecule has 6 heteroatoms. The summed E-state index contributed by atoms with van der Waals surface area (Å²) in [4.78, 5) is 0. The van der Waals surface area contributed by atoms with E-state index < -0.39 is 16.1 Å². The topological polar surface area (TPSA) is 55.4 Å². The van der Waals surface area contributed by atoms with Crippen LogP contribution in [-0.2, 0) is 14.8 Å². The van der Waals surface area contributed by atoms with E-state index in [1.54, 1.807) is 6.07 Å². The molecular weight excluding hydrogens is 286 g/mol. The minimum absolute atomic E-state index is 0.0822. The summed E-state index contributed by atoms with van der Waals surface area (Å²) in [5, 5.41) is 0.567. The van der Waals surface area contributed by atoms with Crippen LogP contribution in [0.1, 0.15) is 25.5 Å². The van der Waals surface area contributed by atoms with Crippen molar-refractivity contribution < 1.29 is 13.2 Å². The molecular formula is C13H20ClNO3S. The van der Waals surface area contributed by atoms with Gasteiger partial charge in [0.25, 0.3) is 0 Å². The van der Waals surface area contributed by atoms with Gasteiger partial charge in [0.15, 0.2) is 0 Å². The van der Waals surface area contributed by atoms with Crippen LogP contribution in [0, 0.1) is 5.92 Å². The zero-order valence-corrected chi connectivity index (χ0v) is 13.0. The number of sulfonamides is 1. The Hall–Kier alpha value is -0.620. The SMILES string of the molecule is COC(CNS(=O)(=O)CC(C)C)c1ccccc1Cl. The Morgan fingerprint density at radius 3 is 2.47 bits per heavy atom. The van der Waals surface area contributed by atoms with Gasteiger partial charge in [0.05, 0.1) is 11.9 Å². The van der Waals surface area contributed by atoms with E-state index >= 15 is 0 Å². The molecule has 1 unspecified atom stereocenters. The lowest BCUT2D eigenvalue weighted by Gasteiger charge is -2.18. The number of nitrogens with one attached hydrogen (secondary N) is 1. The van der Waals surface area contributed by atoms with Crippen LogP contribution in [0.15, 0.2) is 24.3 Å². The number of halogens is 1. The fraction of sp³-hybridized carbons (Fsp3) is 0.538. The second-order valence-electron chi connectivity index (χ2n) is 4.77. The van der Waals surface area contributed by atoms with Crippen LogP contribution in [-0.4, -0.2) is 27.8 Å². The normalized spacial score (nSPS) is 13.7. The zero-order valence-electron chi connectivity index (χ0n) is 11.4. The molecule has 1 rings (SSSR count). The molecule has 0 aliphatic heterocycles. The highest BCUT2D eigenvalue weighted by atomic mass is 35.5. The number of benzene rings is 1. The number of rotatable bonds is 7. The summed E-state index contributed by atoms with van der Waals surface area (Å²) < 4.78 is 31.4. The highest BCUT2D eigenvalue weighted by Crippen LogP contribution is 2.24. The molecule has 1 aromatic rings. The molecule has 0 saturated heterocycles. The lowest BCUT2D eigenvalue weighted by molar-refractivity contribution is 0.107. The fourth-order valence-corrected chi connectivity index (χ4v) is 3.42. The zero-order chi connectivity index (χ0) is 14.5. The van der Waals surface area contributed by atoms with Gasteiger partial charge in [0, 0.05) is 24.2 Å². The maximum Gasteiger partial charge on any atom is 0.211 e. The van der Waals surface area contributed by atoms with E-state index in [1.165, 1.54) is 7.11 Å². The number of hydrogen-bond acceptors (Lipinski definition) is 3. The smallest absolute Gasteiger partial charge is 0.211 e. The van der Waals surface area contributed by atoms with E-state index in [9.17, 15) is 8.42 Å². The van der Waals surface area contributed by atoms with Gasteiger partial charge >= 0.3 is 0 Å². The quantitative estimate of drug-likeness (QED) is 0.842. The lowest BCUT2D eigenvalue weighted by atomic mass is 10.1. The summed E-state index contributed by atoms with van der Waals surface area (Å²) in [6.45, 7) is 3.90. The maximum atomic E-state index is 11.8. The molecule has 1 N–H and O–H groups in total. The maximum absolute atomic E-state index is 11.8. The number of methoxy groups -OCH3 is 1. The van der Waals surface area contributed by atoms with Crippen molar-refractivity contribution in [3.8, 4) is 0 Å². The van der Waals surface area contributed by atoms with Gasteiger partial charge in [-0.2, -0.15) is 0 Å². The van der Waals surface area contributed by atoms with E-state index in [4.69, 9.17) is 16.3 Å². The molecule has 0 aromatic heterocycles. The average Bonchev–Trinajstić information content (AvgIpc) is 2.30. The van der Waals surface area contributed by atoms with Crippen LogP contribution in [0.4, 0.5) is 0 Å². The monoisotopic (exact) mass is 305 g/mol. The van der Waals surface area contributed by atoms with Crippen LogP contribution < -0.4 is 4.72 Å². The van der Waals surface area contributed by atoms with Gasteiger partial charge in [-0.05, 0) is 12.0 Å². The minimum Gasteiger partial charge on any atom is -0.375 e. The van der Waals surface area contributed by atoms with Crippen LogP contribution in [0.25, 0.3) is 0 Å². The van der Waals surface area contributed by atoms with Gasteiger partial charge in [0.2, 0.25) is 10.0 Å². The van der Waals surface area contributed by atoms with Crippen molar-refractivity contribution in [3.05, 3.63) is 34.9 Å². The van der Waals surface area contributed by atoms with Gasteiger partial charge in [0.1, 0.15) is 0 Å². The first-order chi connectivity index (χ1) is 8.85. The molecule has 108 valence electrons. The first kappa shape index (κ1) is 16.4. The Bertz CT molecular complexity index is 502. The molecule has 1 atom stereocenters. The minimum atomic E-state index is -3.28. The Kier molecular flexibility index (Phi) is 6.26. The number of hydrogen-bond donors (Lipinski definition) is 1. The predicted octanol–water partition coefficient (Wildman–Crippen LogP) is 2.60. The van der Waals surface area contributed by atoms with E-state index in [-0.39, 0.29) is 18.2 Å². The third-order valence-corrected chi connectivity index (χ3v) is 4.63. The summed E-state index contributed by atoms with van der Waals surface area (Å²) in [6, 6.07) is 7.25. The Balaban J connectivity index is 2.72. The van der Waals surface area contributed by atoms with Crippen molar-refractivity contribution in [1.82, 2.24) is 4.72 Å². The van der Waals surface area contributed by atoms with Crippen molar-refractivity contribution in [1.29, 1.82) is 0 Å². The van der Waals surface area contributed by atoms with Crippen LogP contribution in [0.3, 0.4) is 0 Å². The molecule has 19 heavy (non-hydrogen) atoms. The first-order valence-electron chi connectivity index (χ1n) is 6.10. The molecule has 0 heterocycles. The second kappa shape index (κ2) is 7.24. The molecule has 0 bridgehead atoms. The molecule has 0 aliphatic carbocycles. The third kappa shape index (κ3) is 5.48. The predicted molar refractivity (Wildman–Crippen MR) is 77.8 cm³/mol. The molecule has 0 radical (unpaired) electrons. The third-order valence-electron chi connectivity index (χ3n) is 2.58. The van der Waals surface area contributed by atoms with Crippen molar-refractivity contribution in [3.63, 3.8) is 0 Å². The van der Waals surface area contributed by atoms with Crippen molar-refractivity contribution in [2.45, 2.75) is 20.0 Å². The standard InChI is InChI=1S/C13H20ClNO3S/c1-10(2)9-19(16,17)15-8-13(18-3)11-6-4-5-7-12(11)14/h4-7,10,13,15H,8-9H2,1-3H3. The van der Waals surface area contributed by atoms with Gasteiger partial charge in [-0.3, -0.25) is 0 Å². The highest BCUT2D eigenvalue weighted by molar-refractivity contribution is 7.89. The summed E-state index contributed by atoms with van der Waals surface area (Å²) in [6.07, 6.45) is -0.393. The molecule has 0 spiro atoms. The van der Waals surface area contributed by atoms with E-state index in [2.05, 4.69) is 4.72 Å². The van der Waals surface area contributed by atoms with Crippen LogP contribution in [0.5, 0.6) is 0 Å². The largest absolute Gasteiger partial charge is 0.375 e. The average molecular weight is 306 g/mol. The Morgan fingerprint density at radius 2 is 1.95 bits per heavy atom. The Labute approximate surface area is 120 Å². The summed E-state index contributed by atoms with van der Waals surface area (Å²) in [7, 11) is -1.75. The van der Waals surface area contributed by atoms with Gasteiger partial charge in [-0.1, -0.05) is 43.6 Å². The van der Waals surface area contributed by atoms with E-state index in [0.717, 1.165) is 5.56 Å². The number of ether oxygens (including phenoxy) is 1. The molecule has 1 aromatic carbocycles. The van der Waals surface area contributed by atoms with Crippen LogP contribution >= 0.6 is 11.6 Å². The van der Waals surface area contributed by atoms with Crippen molar-refractivity contribution in [2.75, 3.05) is 19.4 Å². The van der Waals surface area contributed by atoms with E-state index in [1.807, 2.05) is 32.0 Å². The molecule has 0 saturated carbocycles. The molecule has 4 nitrogen and oxygen atoms in total. The lowest BCUT2D eigenvalue weighted by Crippen LogP contribution is -2.32. The van der Waals surface area contributed by atoms with Crippen molar-refractivity contribution >= 4 is 21.6 Å². The summed E-state index contributed by atoms with van der Waals surface area (Å²) >= 11 is 6.07. The summed E-state index contributed by atoms with van der Waals surface area (Å²) in [5.41, 5.74) is 0.777. The molecule has 0 aliphatic rings. The first-order valence-corrected chi connectivity index (χ1v) is 8.13. The molecule has 0 amide bonds. The molecule has 0 fully saturated rings. The van der Waals surface area contributed by atoms with Crippen molar-refractivity contribution in [2.24, 2.45) is 5.92 Å². The van der Waals surface area contributed by atoms with Crippen LogP contribution in [0.2, 0.25) is 5.02 Å². The van der Waals surface area contributed by atoms with Gasteiger partial charge < -0.3 is 4.74 Å². The highest BCUT2D eigenvalue weighted by Gasteiger charge is 2.18. The fourth-order valence-electron chi connectivity index (χ4n) is 1.76. The Morgan fingerprint density at radius 1 is 1.32 bits per heavy atom.